The molecule has 1 N–H and O–H groups in total. The van der Waals surface area contributed by atoms with Gasteiger partial charge in [0.15, 0.2) is 11.5 Å². The number of para-hydroxylation sites is 2. The fourth-order valence-corrected chi connectivity index (χ4v) is 3.67. The zero-order valence-electron chi connectivity index (χ0n) is 15.6. The van der Waals surface area contributed by atoms with Crippen LogP contribution in [0.4, 0.5) is 5.69 Å². The van der Waals surface area contributed by atoms with E-state index in [2.05, 4.69) is 21.2 Å². The van der Waals surface area contributed by atoms with Gasteiger partial charge in [0.05, 0.1) is 13.1 Å². The molecule has 2 heterocycles. The Morgan fingerprint density at radius 1 is 1.07 bits per heavy atom. The molecule has 0 saturated carbocycles. The number of halogens is 1. The molecule has 1 amide bonds. The largest absolute Gasteiger partial charge is 0.486 e. The molecule has 2 aliphatic rings. The second-order valence-corrected chi connectivity index (χ2v) is 7.48. The highest BCUT2D eigenvalue weighted by molar-refractivity contribution is 6.30. The van der Waals surface area contributed by atoms with Crippen LogP contribution in [0.2, 0.25) is 5.02 Å². The molecule has 28 heavy (non-hydrogen) atoms. The summed E-state index contributed by atoms with van der Waals surface area (Å²) in [6, 6.07) is 15.5. The standard InChI is InChI=1S/C21H24ClN3O3/c22-16-4-3-5-17(12-16)25-10-8-24(9-11-25)14-21(26)23-13-18-15-27-19-6-1-2-7-20(19)28-18/h1-7,12,18H,8-11,13-15H2,(H,23,26)/t18-/m1/s1. The van der Waals surface area contributed by atoms with Crippen molar-refractivity contribution in [1.29, 1.82) is 0 Å². The van der Waals surface area contributed by atoms with Gasteiger partial charge in [-0.15, -0.1) is 0 Å². The van der Waals surface area contributed by atoms with Gasteiger partial charge in [-0.05, 0) is 30.3 Å². The number of carbonyl (C=O) groups excluding carboxylic acids is 1. The summed E-state index contributed by atoms with van der Waals surface area (Å²) in [6.07, 6.45) is -0.168. The summed E-state index contributed by atoms with van der Waals surface area (Å²) in [5, 5.41) is 3.71. The van der Waals surface area contributed by atoms with E-state index in [0.29, 0.717) is 19.7 Å². The van der Waals surface area contributed by atoms with Crippen LogP contribution in [-0.2, 0) is 4.79 Å². The molecule has 4 rings (SSSR count). The van der Waals surface area contributed by atoms with Gasteiger partial charge < -0.3 is 19.7 Å². The number of ether oxygens (including phenoxy) is 2. The Kier molecular flexibility index (Phi) is 5.88. The molecule has 6 nitrogen and oxygen atoms in total. The summed E-state index contributed by atoms with van der Waals surface area (Å²) in [5.74, 6) is 1.49. The van der Waals surface area contributed by atoms with E-state index in [9.17, 15) is 4.79 Å². The average molecular weight is 402 g/mol. The molecule has 7 heteroatoms. The maximum absolute atomic E-state index is 12.3. The van der Waals surface area contributed by atoms with E-state index < -0.39 is 0 Å². The minimum absolute atomic E-state index is 0.0127. The zero-order valence-corrected chi connectivity index (χ0v) is 16.4. The first-order valence-electron chi connectivity index (χ1n) is 9.55. The third-order valence-electron chi connectivity index (χ3n) is 5.01. The van der Waals surface area contributed by atoms with Crippen LogP contribution in [0.1, 0.15) is 0 Å². The van der Waals surface area contributed by atoms with Crippen molar-refractivity contribution in [3.05, 3.63) is 53.6 Å². The van der Waals surface area contributed by atoms with E-state index in [1.807, 2.05) is 42.5 Å². The Bertz CT molecular complexity index is 824. The highest BCUT2D eigenvalue weighted by Crippen LogP contribution is 2.30. The van der Waals surface area contributed by atoms with Crippen molar-refractivity contribution >= 4 is 23.2 Å². The molecule has 2 aromatic carbocycles. The average Bonchev–Trinajstić information content (AvgIpc) is 2.73. The first-order chi connectivity index (χ1) is 13.7. The minimum Gasteiger partial charge on any atom is -0.486 e. The Balaban J connectivity index is 1.19. The number of rotatable bonds is 5. The van der Waals surface area contributed by atoms with Gasteiger partial charge in [0.1, 0.15) is 12.7 Å². The monoisotopic (exact) mass is 401 g/mol. The fraction of sp³-hybridized carbons (Fsp3) is 0.381. The van der Waals surface area contributed by atoms with E-state index in [0.717, 1.165) is 48.4 Å². The Hall–Kier alpha value is -2.44. The second kappa shape index (κ2) is 8.71. The van der Waals surface area contributed by atoms with Crippen molar-refractivity contribution in [3.63, 3.8) is 0 Å². The van der Waals surface area contributed by atoms with E-state index in [1.165, 1.54) is 0 Å². The number of hydrogen-bond acceptors (Lipinski definition) is 5. The molecule has 0 bridgehead atoms. The molecule has 0 radical (unpaired) electrons. The van der Waals surface area contributed by atoms with Crippen LogP contribution in [0.25, 0.3) is 0 Å². The number of carbonyl (C=O) groups is 1. The maximum Gasteiger partial charge on any atom is 0.234 e. The van der Waals surface area contributed by atoms with Crippen LogP contribution in [0.15, 0.2) is 48.5 Å². The molecular formula is C21H24ClN3O3. The number of benzene rings is 2. The zero-order chi connectivity index (χ0) is 19.3. The lowest BCUT2D eigenvalue weighted by atomic mass is 10.2. The summed E-state index contributed by atoms with van der Waals surface area (Å²) >= 11 is 6.08. The van der Waals surface area contributed by atoms with E-state index in [-0.39, 0.29) is 12.0 Å². The van der Waals surface area contributed by atoms with Crippen LogP contribution in [0.3, 0.4) is 0 Å². The second-order valence-electron chi connectivity index (χ2n) is 7.04. The number of hydrogen-bond donors (Lipinski definition) is 1. The minimum atomic E-state index is -0.168. The van der Waals surface area contributed by atoms with Crippen molar-refractivity contribution in [2.45, 2.75) is 6.10 Å². The van der Waals surface area contributed by atoms with Crippen LogP contribution in [0.5, 0.6) is 11.5 Å². The molecule has 1 atom stereocenters. The Morgan fingerprint density at radius 2 is 1.86 bits per heavy atom. The molecular weight excluding hydrogens is 378 g/mol. The van der Waals surface area contributed by atoms with Gasteiger partial charge in [-0.3, -0.25) is 9.69 Å². The van der Waals surface area contributed by atoms with Gasteiger partial charge in [0, 0.05) is 36.9 Å². The summed E-state index contributed by atoms with van der Waals surface area (Å²) < 4.78 is 11.6. The summed E-state index contributed by atoms with van der Waals surface area (Å²) in [7, 11) is 0. The van der Waals surface area contributed by atoms with Crippen molar-refractivity contribution < 1.29 is 14.3 Å². The van der Waals surface area contributed by atoms with Crippen LogP contribution in [-0.4, -0.2) is 62.8 Å². The SMILES string of the molecule is O=C(CN1CCN(c2cccc(Cl)c2)CC1)NC[C@@H]1COc2ccccc2O1. The first-order valence-corrected chi connectivity index (χ1v) is 9.93. The van der Waals surface area contributed by atoms with Crippen molar-refractivity contribution in [1.82, 2.24) is 10.2 Å². The maximum atomic E-state index is 12.3. The summed E-state index contributed by atoms with van der Waals surface area (Å²) in [6.45, 7) is 4.72. The number of nitrogens with one attached hydrogen (secondary N) is 1. The lowest BCUT2D eigenvalue weighted by molar-refractivity contribution is -0.122. The lowest BCUT2D eigenvalue weighted by Gasteiger charge is -2.35. The van der Waals surface area contributed by atoms with Crippen molar-refractivity contribution in [2.24, 2.45) is 0 Å². The van der Waals surface area contributed by atoms with Gasteiger partial charge in [-0.2, -0.15) is 0 Å². The molecule has 0 aliphatic carbocycles. The molecule has 148 valence electrons. The van der Waals surface area contributed by atoms with Crippen LogP contribution < -0.4 is 19.7 Å². The smallest absolute Gasteiger partial charge is 0.234 e. The predicted molar refractivity (Wildman–Crippen MR) is 109 cm³/mol. The van der Waals surface area contributed by atoms with Gasteiger partial charge in [-0.25, -0.2) is 0 Å². The fourth-order valence-electron chi connectivity index (χ4n) is 3.49. The Labute approximate surface area is 170 Å². The third kappa shape index (κ3) is 4.69. The normalized spacial score (nSPS) is 19.3. The molecule has 0 spiro atoms. The van der Waals surface area contributed by atoms with Crippen molar-refractivity contribution in [2.75, 3.05) is 50.8 Å². The quantitative estimate of drug-likeness (QED) is 0.833. The predicted octanol–water partition coefficient (Wildman–Crippen LogP) is 2.42. The molecule has 1 saturated heterocycles. The van der Waals surface area contributed by atoms with E-state index >= 15 is 0 Å². The molecule has 0 aromatic heterocycles. The van der Waals surface area contributed by atoms with E-state index in [1.54, 1.807) is 0 Å². The summed E-state index contributed by atoms with van der Waals surface area (Å²) in [4.78, 5) is 16.8. The number of fused-ring (bicyclic) bond motifs is 1. The molecule has 1 fully saturated rings. The molecule has 2 aromatic rings. The third-order valence-corrected chi connectivity index (χ3v) is 5.24. The topological polar surface area (TPSA) is 54.0 Å². The number of piperazine rings is 1. The van der Waals surface area contributed by atoms with Gasteiger partial charge in [0.25, 0.3) is 0 Å². The molecule has 2 aliphatic heterocycles. The molecule has 0 unspecified atom stereocenters. The van der Waals surface area contributed by atoms with Crippen LogP contribution >= 0.6 is 11.6 Å². The van der Waals surface area contributed by atoms with E-state index in [4.69, 9.17) is 21.1 Å². The van der Waals surface area contributed by atoms with Crippen molar-refractivity contribution in [3.8, 4) is 11.5 Å². The highest BCUT2D eigenvalue weighted by atomic mass is 35.5. The number of amides is 1. The highest BCUT2D eigenvalue weighted by Gasteiger charge is 2.23. The lowest BCUT2D eigenvalue weighted by Crippen LogP contribution is -2.50. The van der Waals surface area contributed by atoms with Crippen LogP contribution in [0, 0.1) is 0 Å². The number of nitrogens with zero attached hydrogens (tertiary/aromatic N) is 2. The summed E-state index contributed by atoms with van der Waals surface area (Å²) in [5.41, 5.74) is 1.13. The van der Waals surface area contributed by atoms with Gasteiger partial charge >= 0.3 is 0 Å². The van der Waals surface area contributed by atoms with Gasteiger partial charge in [-0.1, -0.05) is 29.8 Å². The first kappa shape index (κ1) is 18.9. The number of anilines is 1. The Morgan fingerprint density at radius 3 is 2.64 bits per heavy atom. The van der Waals surface area contributed by atoms with Gasteiger partial charge in [0.2, 0.25) is 5.91 Å².